The number of amides is 1. The van der Waals surface area contributed by atoms with E-state index in [1.165, 1.54) is 18.3 Å². The van der Waals surface area contributed by atoms with Crippen molar-refractivity contribution in [3.05, 3.63) is 35.9 Å². The summed E-state index contributed by atoms with van der Waals surface area (Å²) in [6.07, 6.45) is 6.78. The number of carbonyl (C=O) groups excluding carboxylic acids is 1. The monoisotopic (exact) mass is 263 g/mol. The van der Waals surface area contributed by atoms with Crippen LogP contribution in [-0.4, -0.2) is 42.5 Å². The second-order valence-electron chi connectivity index (χ2n) is 4.77. The maximum atomic E-state index is 12.9. The molecular formula is C14H18FN3O. The molecule has 2 rings (SSSR count). The lowest BCUT2D eigenvalue weighted by atomic mass is 10.1. The standard InChI is InChI=1S/C14H18FN3O/c1-16-7-12-4-5-18(10-12)14(19)3-2-11-6-13(15)9-17-8-11/h2-3,6,8-9,12,16H,4-5,7,10H2,1H3/b3-2+. The Bertz CT molecular complexity index is 476. The van der Waals surface area contributed by atoms with Crippen LogP contribution in [0, 0.1) is 11.7 Å². The molecule has 0 bridgehead atoms. The smallest absolute Gasteiger partial charge is 0.246 e. The highest BCUT2D eigenvalue weighted by atomic mass is 19.1. The highest BCUT2D eigenvalue weighted by Gasteiger charge is 2.24. The van der Waals surface area contributed by atoms with Crippen molar-refractivity contribution in [2.45, 2.75) is 6.42 Å². The molecule has 1 fully saturated rings. The van der Waals surface area contributed by atoms with E-state index < -0.39 is 5.82 Å². The first-order valence-corrected chi connectivity index (χ1v) is 6.41. The molecule has 1 saturated heterocycles. The van der Waals surface area contributed by atoms with Crippen LogP contribution in [0.3, 0.4) is 0 Å². The van der Waals surface area contributed by atoms with Gasteiger partial charge in [-0.15, -0.1) is 0 Å². The van der Waals surface area contributed by atoms with Gasteiger partial charge in [0, 0.05) is 25.4 Å². The Morgan fingerprint density at radius 3 is 3.21 bits per heavy atom. The molecule has 1 atom stereocenters. The molecule has 4 nitrogen and oxygen atoms in total. The van der Waals surface area contributed by atoms with Gasteiger partial charge in [0.05, 0.1) is 6.20 Å². The number of hydrogen-bond donors (Lipinski definition) is 1. The van der Waals surface area contributed by atoms with Crippen molar-refractivity contribution in [1.82, 2.24) is 15.2 Å². The maximum absolute atomic E-state index is 12.9. The van der Waals surface area contributed by atoms with Crippen LogP contribution in [0.25, 0.3) is 6.08 Å². The zero-order valence-corrected chi connectivity index (χ0v) is 11.0. The average molecular weight is 263 g/mol. The fourth-order valence-electron chi connectivity index (χ4n) is 2.28. The zero-order valence-electron chi connectivity index (χ0n) is 11.0. The van der Waals surface area contributed by atoms with Crippen molar-refractivity contribution in [2.75, 3.05) is 26.7 Å². The molecule has 0 spiro atoms. The van der Waals surface area contributed by atoms with E-state index in [-0.39, 0.29) is 5.91 Å². The SMILES string of the molecule is CNCC1CCN(C(=O)/C=C/c2cncc(F)c2)C1. The molecule has 1 N–H and O–H groups in total. The van der Waals surface area contributed by atoms with E-state index >= 15 is 0 Å². The van der Waals surface area contributed by atoms with Crippen LogP contribution in [-0.2, 0) is 4.79 Å². The summed E-state index contributed by atoms with van der Waals surface area (Å²) in [4.78, 5) is 17.5. The number of halogens is 1. The summed E-state index contributed by atoms with van der Waals surface area (Å²) in [5.41, 5.74) is 0.597. The minimum atomic E-state index is -0.398. The van der Waals surface area contributed by atoms with E-state index in [9.17, 15) is 9.18 Å². The number of hydrogen-bond acceptors (Lipinski definition) is 3. The summed E-state index contributed by atoms with van der Waals surface area (Å²) < 4.78 is 12.9. The third-order valence-corrected chi connectivity index (χ3v) is 3.23. The van der Waals surface area contributed by atoms with E-state index in [2.05, 4.69) is 10.3 Å². The minimum Gasteiger partial charge on any atom is -0.339 e. The van der Waals surface area contributed by atoms with Crippen LogP contribution in [0.2, 0.25) is 0 Å². The van der Waals surface area contributed by atoms with Gasteiger partial charge in [0.1, 0.15) is 5.82 Å². The van der Waals surface area contributed by atoms with Crippen molar-refractivity contribution in [2.24, 2.45) is 5.92 Å². The molecule has 0 saturated carbocycles. The Kier molecular flexibility index (Phi) is 4.63. The molecule has 5 heteroatoms. The highest BCUT2D eigenvalue weighted by Crippen LogP contribution is 2.16. The number of likely N-dealkylation sites (tertiary alicyclic amines) is 1. The van der Waals surface area contributed by atoms with Gasteiger partial charge < -0.3 is 10.2 Å². The van der Waals surface area contributed by atoms with Crippen molar-refractivity contribution in [3.8, 4) is 0 Å². The van der Waals surface area contributed by atoms with Crippen molar-refractivity contribution < 1.29 is 9.18 Å². The van der Waals surface area contributed by atoms with E-state index in [1.54, 1.807) is 6.08 Å². The molecule has 1 amide bonds. The minimum absolute atomic E-state index is 0.0251. The predicted octanol–water partition coefficient (Wildman–Crippen LogP) is 1.30. The molecule has 1 aliphatic rings. The lowest BCUT2D eigenvalue weighted by molar-refractivity contribution is -0.125. The summed E-state index contributed by atoms with van der Waals surface area (Å²) in [5.74, 6) is 0.103. The summed E-state index contributed by atoms with van der Waals surface area (Å²) in [6.45, 7) is 2.50. The van der Waals surface area contributed by atoms with Crippen LogP contribution < -0.4 is 5.32 Å². The second-order valence-corrected chi connectivity index (χ2v) is 4.77. The van der Waals surface area contributed by atoms with E-state index in [1.807, 2.05) is 11.9 Å². The van der Waals surface area contributed by atoms with Crippen molar-refractivity contribution in [1.29, 1.82) is 0 Å². The van der Waals surface area contributed by atoms with Gasteiger partial charge in [-0.1, -0.05) is 0 Å². The Balaban J connectivity index is 1.91. The molecule has 1 aromatic rings. The van der Waals surface area contributed by atoms with Gasteiger partial charge in [0.2, 0.25) is 5.91 Å². The van der Waals surface area contributed by atoms with Crippen LogP contribution >= 0.6 is 0 Å². The van der Waals surface area contributed by atoms with E-state index in [0.717, 1.165) is 32.3 Å². The quantitative estimate of drug-likeness (QED) is 0.833. The predicted molar refractivity (Wildman–Crippen MR) is 71.8 cm³/mol. The summed E-state index contributed by atoms with van der Waals surface area (Å²) in [6, 6.07) is 1.35. The first kappa shape index (κ1) is 13.7. The Morgan fingerprint density at radius 1 is 1.63 bits per heavy atom. The molecule has 102 valence electrons. The van der Waals surface area contributed by atoms with E-state index in [4.69, 9.17) is 0 Å². The average Bonchev–Trinajstić information content (AvgIpc) is 2.85. The lowest BCUT2D eigenvalue weighted by Gasteiger charge is -2.14. The zero-order chi connectivity index (χ0) is 13.7. The lowest BCUT2D eigenvalue weighted by Crippen LogP contribution is -2.28. The number of carbonyl (C=O) groups is 1. The summed E-state index contributed by atoms with van der Waals surface area (Å²) in [7, 11) is 1.92. The molecule has 2 heterocycles. The fraction of sp³-hybridized carbons (Fsp3) is 0.429. The first-order chi connectivity index (χ1) is 9.19. The topological polar surface area (TPSA) is 45.2 Å². The maximum Gasteiger partial charge on any atom is 0.246 e. The van der Waals surface area contributed by atoms with Gasteiger partial charge in [-0.2, -0.15) is 0 Å². The number of pyridine rings is 1. The van der Waals surface area contributed by atoms with Crippen LogP contribution in [0.1, 0.15) is 12.0 Å². The molecular weight excluding hydrogens is 245 g/mol. The third kappa shape index (κ3) is 3.86. The molecule has 0 radical (unpaired) electrons. The number of rotatable bonds is 4. The number of nitrogens with one attached hydrogen (secondary N) is 1. The van der Waals surface area contributed by atoms with E-state index in [0.29, 0.717) is 11.5 Å². The Morgan fingerprint density at radius 2 is 2.47 bits per heavy atom. The normalized spacial score (nSPS) is 19.3. The summed E-state index contributed by atoms with van der Waals surface area (Å²) in [5, 5.41) is 3.13. The van der Waals surface area contributed by atoms with Gasteiger partial charge in [-0.25, -0.2) is 4.39 Å². The van der Waals surface area contributed by atoms with Gasteiger partial charge >= 0.3 is 0 Å². The van der Waals surface area contributed by atoms with Crippen molar-refractivity contribution in [3.63, 3.8) is 0 Å². The molecule has 0 aliphatic carbocycles. The summed E-state index contributed by atoms with van der Waals surface area (Å²) >= 11 is 0. The molecule has 1 unspecified atom stereocenters. The number of nitrogens with zero attached hydrogens (tertiary/aromatic N) is 2. The second kappa shape index (κ2) is 6.43. The van der Waals surface area contributed by atoms with Crippen LogP contribution in [0.5, 0.6) is 0 Å². The van der Waals surface area contributed by atoms with Gasteiger partial charge in [-0.3, -0.25) is 9.78 Å². The third-order valence-electron chi connectivity index (χ3n) is 3.23. The van der Waals surface area contributed by atoms with Gasteiger partial charge in [-0.05, 0) is 43.6 Å². The molecule has 1 aromatic heterocycles. The van der Waals surface area contributed by atoms with Gasteiger partial charge in [0.25, 0.3) is 0 Å². The number of aromatic nitrogens is 1. The molecule has 0 aromatic carbocycles. The first-order valence-electron chi connectivity index (χ1n) is 6.41. The Hall–Kier alpha value is -1.75. The molecule has 19 heavy (non-hydrogen) atoms. The molecule has 1 aliphatic heterocycles. The highest BCUT2D eigenvalue weighted by molar-refractivity contribution is 5.91. The van der Waals surface area contributed by atoms with Crippen LogP contribution in [0.15, 0.2) is 24.5 Å². The largest absolute Gasteiger partial charge is 0.339 e. The van der Waals surface area contributed by atoms with Gasteiger partial charge in [0.15, 0.2) is 0 Å². The fourth-order valence-corrected chi connectivity index (χ4v) is 2.28. The Labute approximate surface area is 112 Å². The van der Waals surface area contributed by atoms with Crippen molar-refractivity contribution >= 4 is 12.0 Å². The van der Waals surface area contributed by atoms with Crippen LogP contribution in [0.4, 0.5) is 4.39 Å².